The van der Waals surface area contributed by atoms with Gasteiger partial charge in [-0.25, -0.2) is 0 Å². The summed E-state index contributed by atoms with van der Waals surface area (Å²) in [4.78, 5) is 9.23. The third-order valence-corrected chi connectivity index (χ3v) is 5.26. The molecular formula is C17H32F3N5. The van der Waals surface area contributed by atoms with E-state index in [0.29, 0.717) is 31.5 Å². The Morgan fingerprint density at radius 1 is 1.20 bits per heavy atom. The molecule has 8 heteroatoms. The largest absolute Gasteiger partial charge is 0.391 e. The van der Waals surface area contributed by atoms with Gasteiger partial charge in [-0.1, -0.05) is 6.42 Å². The summed E-state index contributed by atoms with van der Waals surface area (Å²) in [5.74, 6) is -0.559. The Kier molecular flexibility index (Phi) is 7.37. The highest BCUT2D eigenvalue weighted by Gasteiger charge is 2.42. The van der Waals surface area contributed by atoms with Crippen LogP contribution in [-0.4, -0.2) is 80.8 Å². The van der Waals surface area contributed by atoms with Crippen molar-refractivity contribution in [3.63, 3.8) is 0 Å². The Morgan fingerprint density at radius 2 is 1.96 bits per heavy atom. The summed E-state index contributed by atoms with van der Waals surface area (Å²) in [6.07, 6.45) is -2.33. The summed E-state index contributed by atoms with van der Waals surface area (Å²) < 4.78 is 39.0. The van der Waals surface area contributed by atoms with Gasteiger partial charge in [0.05, 0.1) is 12.5 Å². The van der Waals surface area contributed by atoms with Crippen molar-refractivity contribution in [1.82, 2.24) is 20.4 Å². The quantitative estimate of drug-likeness (QED) is 0.592. The molecule has 146 valence electrons. The van der Waals surface area contributed by atoms with Crippen molar-refractivity contribution in [3.05, 3.63) is 0 Å². The molecule has 1 saturated carbocycles. The van der Waals surface area contributed by atoms with Crippen molar-refractivity contribution in [2.45, 2.75) is 50.9 Å². The number of likely N-dealkylation sites (N-methyl/N-ethyl adjacent to an activating group) is 2. The number of nitrogens with one attached hydrogen (secondary N) is 2. The van der Waals surface area contributed by atoms with Crippen LogP contribution in [0.5, 0.6) is 0 Å². The Bertz CT molecular complexity index is 440. The second-order valence-electron chi connectivity index (χ2n) is 7.36. The SMILES string of the molecule is CCNC(=NCC1CN(C)CCN1C)NC1CCCC(C(F)(F)F)C1. The van der Waals surface area contributed by atoms with E-state index in [1.807, 2.05) is 6.92 Å². The minimum absolute atomic E-state index is 0.139. The van der Waals surface area contributed by atoms with E-state index in [4.69, 9.17) is 0 Å². The van der Waals surface area contributed by atoms with Gasteiger partial charge in [-0.05, 0) is 40.3 Å². The highest BCUT2D eigenvalue weighted by atomic mass is 19.4. The fraction of sp³-hybridized carbons (Fsp3) is 0.941. The van der Waals surface area contributed by atoms with Gasteiger partial charge >= 0.3 is 6.18 Å². The summed E-state index contributed by atoms with van der Waals surface area (Å²) in [6.45, 7) is 6.33. The lowest BCUT2D eigenvalue weighted by Crippen LogP contribution is -2.52. The van der Waals surface area contributed by atoms with Crippen molar-refractivity contribution in [1.29, 1.82) is 0 Å². The van der Waals surface area contributed by atoms with Crippen LogP contribution in [-0.2, 0) is 0 Å². The van der Waals surface area contributed by atoms with Gasteiger partial charge in [0.2, 0.25) is 0 Å². The van der Waals surface area contributed by atoms with Gasteiger partial charge in [-0.2, -0.15) is 13.2 Å². The molecule has 2 N–H and O–H groups in total. The molecule has 25 heavy (non-hydrogen) atoms. The monoisotopic (exact) mass is 363 g/mol. The Morgan fingerprint density at radius 3 is 2.64 bits per heavy atom. The predicted octanol–water partition coefficient (Wildman–Crippen LogP) is 1.91. The topological polar surface area (TPSA) is 42.9 Å². The maximum Gasteiger partial charge on any atom is 0.391 e. The van der Waals surface area contributed by atoms with Gasteiger partial charge in [0, 0.05) is 38.3 Å². The lowest BCUT2D eigenvalue weighted by atomic mass is 9.85. The fourth-order valence-electron chi connectivity index (χ4n) is 3.63. The molecule has 1 aliphatic carbocycles. The second kappa shape index (κ2) is 9.07. The van der Waals surface area contributed by atoms with Gasteiger partial charge in [0.25, 0.3) is 0 Å². The number of guanidine groups is 1. The van der Waals surface area contributed by atoms with Gasteiger partial charge < -0.3 is 15.5 Å². The van der Waals surface area contributed by atoms with Crippen molar-refractivity contribution in [2.75, 3.05) is 46.8 Å². The first kappa shape index (κ1) is 20.3. The summed E-state index contributed by atoms with van der Waals surface area (Å²) in [5.41, 5.74) is 0. The van der Waals surface area contributed by atoms with Crippen LogP contribution in [0, 0.1) is 5.92 Å². The van der Waals surface area contributed by atoms with E-state index < -0.39 is 12.1 Å². The van der Waals surface area contributed by atoms with Crippen molar-refractivity contribution in [2.24, 2.45) is 10.9 Å². The molecule has 0 aromatic rings. The van der Waals surface area contributed by atoms with E-state index in [0.717, 1.165) is 26.1 Å². The number of hydrogen-bond donors (Lipinski definition) is 2. The summed E-state index contributed by atoms with van der Waals surface area (Å²) in [6, 6.07) is 0.174. The van der Waals surface area contributed by atoms with E-state index in [9.17, 15) is 13.2 Å². The molecule has 5 nitrogen and oxygen atoms in total. The van der Waals surface area contributed by atoms with E-state index >= 15 is 0 Å². The zero-order valence-electron chi connectivity index (χ0n) is 15.6. The summed E-state index contributed by atoms with van der Waals surface area (Å²) in [5, 5.41) is 6.41. The average Bonchev–Trinajstić information content (AvgIpc) is 2.55. The highest BCUT2D eigenvalue weighted by molar-refractivity contribution is 5.80. The molecule has 0 bridgehead atoms. The third kappa shape index (κ3) is 6.33. The molecule has 0 radical (unpaired) electrons. The average molecular weight is 363 g/mol. The first-order chi connectivity index (χ1) is 11.8. The highest BCUT2D eigenvalue weighted by Crippen LogP contribution is 2.37. The van der Waals surface area contributed by atoms with E-state index in [2.05, 4.69) is 39.5 Å². The molecule has 0 aromatic carbocycles. The Labute approximate surface area is 149 Å². The summed E-state index contributed by atoms with van der Waals surface area (Å²) in [7, 11) is 4.20. The minimum atomic E-state index is -4.09. The lowest BCUT2D eigenvalue weighted by molar-refractivity contribution is -0.183. The van der Waals surface area contributed by atoms with Crippen LogP contribution >= 0.6 is 0 Å². The van der Waals surface area contributed by atoms with Gasteiger partial charge in [-0.3, -0.25) is 9.89 Å². The first-order valence-corrected chi connectivity index (χ1v) is 9.30. The predicted molar refractivity (Wildman–Crippen MR) is 94.8 cm³/mol. The molecule has 1 aliphatic heterocycles. The second-order valence-corrected chi connectivity index (χ2v) is 7.36. The number of hydrogen-bond acceptors (Lipinski definition) is 3. The first-order valence-electron chi connectivity index (χ1n) is 9.30. The number of alkyl halides is 3. The molecule has 0 amide bonds. The van der Waals surface area contributed by atoms with Crippen LogP contribution in [0.25, 0.3) is 0 Å². The molecule has 2 aliphatic rings. The molecule has 1 heterocycles. The number of rotatable bonds is 4. The smallest absolute Gasteiger partial charge is 0.357 e. The summed E-state index contributed by atoms with van der Waals surface area (Å²) >= 11 is 0. The number of piperazine rings is 1. The van der Waals surface area contributed by atoms with Crippen LogP contribution in [0.3, 0.4) is 0 Å². The maximum absolute atomic E-state index is 13.0. The zero-order chi connectivity index (χ0) is 18.4. The third-order valence-electron chi connectivity index (χ3n) is 5.26. The molecule has 2 rings (SSSR count). The Balaban J connectivity index is 1.93. The van der Waals surface area contributed by atoms with Crippen molar-refractivity contribution < 1.29 is 13.2 Å². The normalized spacial score (nSPS) is 30.3. The maximum atomic E-state index is 13.0. The molecular weight excluding hydrogens is 331 g/mol. The molecule has 3 unspecified atom stereocenters. The number of halogens is 3. The molecule has 1 saturated heterocycles. The van der Waals surface area contributed by atoms with E-state index in [-0.39, 0.29) is 18.9 Å². The van der Waals surface area contributed by atoms with Crippen LogP contribution in [0.1, 0.15) is 32.6 Å². The zero-order valence-corrected chi connectivity index (χ0v) is 15.6. The van der Waals surface area contributed by atoms with Crippen LogP contribution in [0.4, 0.5) is 13.2 Å². The molecule has 0 spiro atoms. The van der Waals surface area contributed by atoms with Crippen LogP contribution in [0.2, 0.25) is 0 Å². The standard InChI is InChI=1S/C17H32F3N5/c1-4-21-16(22-11-15-12-24(2)8-9-25(15)3)23-14-7-5-6-13(10-14)17(18,19)20/h13-15H,4-12H2,1-3H3,(H2,21,22,23). The minimum Gasteiger partial charge on any atom is -0.357 e. The Hall–Kier alpha value is -1.02. The number of aliphatic imine (C=N–C) groups is 1. The van der Waals surface area contributed by atoms with Gasteiger partial charge in [-0.15, -0.1) is 0 Å². The van der Waals surface area contributed by atoms with Gasteiger partial charge in [0.1, 0.15) is 0 Å². The molecule has 0 aromatic heterocycles. The number of nitrogens with zero attached hydrogens (tertiary/aromatic N) is 3. The van der Waals surface area contributed by atoms with Gasteiger partial charge in [0.15, 0.2) is 5.96 Å². The lowest BCUT2D eigenvalue weighted by Gasteiger charge is -2.37. The van der Waals surface area contributed by atoms with Crippen molar-refractivity contribution in [3.8, 4) is 0 Å². The van der Waals surface area contributed by atoms with E-state index in [1.165, 1.54) is 0 Å². The van der Waals surface area contributed by atoms with Crippen LogP contribution in [0.15, 0.2) is 4.99 Å². The van der Waals surface area contributed by atoms with Crippen LogP contribution < -0.4 is 10.6 Å². The fourth-order valence-corrected chi connectivity index (χ4v) is 3.63. The molecule has 2 fully saturated rings. The van der Waals surface area contributed by atoms with E-state index in [1.54, 1.807) is 0 Å². The van der Waals surface area contributed by atoms with Crippen molar-refractivity contribution >= 4 is 5.96 Å². The molecule has 3 atom stereocenters.